The van der Waals surface area contributed by atoms with E-state index in [1.807, 2.05) is 0 Å². The number of hydrogen-bond donors (Lipinski definition) is 2. The van der Waals surface area contributed by atoms with Crippen molar-refractivity contribution in [3.05, 3.63) is 45.4 Å². The number of carboxylic acid groups (broad SMARTS) is 1. The summed E-state index contributed by atoms with van der Waals surface area (Å²) < 4.78 is 0. The van der Waals surface area contributed by atoms with Gasteiger partial charge in [0.25, 0.3) is 0 Å². The van der Waals surface area contributed by atoms with E-state index in [1.165, 1.54) is 21.5 Å². The molecular weight excluding hydrogens is 248 g/mol. The molecule has 0 fully saturated rings. The van der Waals surface area contributed by atoms with Gasteiger partial charge in [0, 0.05) is 22.5 Å². The highest BCUT2D eigenvalue weighted by Crippen LogP contribution is 2.22. The van der Waals surface area contributed by atoms with Crippen LogP contribution in [0.1, 0.15) is 25.8 Å². The van der Waals surface area contributed by atoms with Gasteiger partial charge in [0.15, 0.2) is 5.69 Å². The smallest absolute Gasteiger partial charge is 0.356 e. The van der Waals surface area contributed by atoms with Crippen molar-refractivity contribution in [1.29, 1.82) is 0 Å². The lowest BCUT2D eigenvalue weighted by Gasteiger charge is -2.06. The molecule has 2 aromatic rings. The predicted molar refractivity (Wildman–Crippen MR) is 72.3 cm³/mol. The number of anilines is 1. The van der Waals surface area contributed by atoms with Gasteiger partial charge >= 0.3 is 5.97 Å². The van der Waals surface area contributed by atoms with Gasteiger partial charge in [-0.3, -0.25) is 0 Å². The number of pyridine rings is 1. The molecule has 0 aliphatic carbocycles. The number of aryl methyl sites for hydroxylation is 2. The van der Waals surface area contributed by atoms with Crippen LogP contribution in [0, 0.1) is 13.8 Å². The number of nitrogens with zero attached hydrogens (tertiary/aromatic N) is 1. The van der Waals surface area contributed by atoms with Crippen molar-refractivity contribution in [2.75, 3.05) is 5.32 Å². The first kappa shape index (κ1) is 12.6. The minimum Gasteiger partial charge on any atom is -0.476 e. The van der Waals surface area contributed by atoms with Gasteiger partial charge in [-0.05, 0) is 37.6 Å². The molecule has 94 valence electrons. The second-order valence-electron chi connectivity index (χ2n) is 4.01. The van der Waals surface area contributed by atoms with Gasteiger partial charge in [-0.1, -0.05) is 0 Å². The predicted octanol–water partition coefficient (Wildman–Crippen LogP) is 3.07. The summed E-state index contributed by atoms with van der Waals surface area (Å²) in [5.41, 5.74) is 1.87. The van der Waals surface area contributed by atoms with E-state index in [0.717, 1.165) is 0 Å². The summed E-state index contributed by atoms with van der Waals surface area (Å²) in [5.74, 6) is -1.02. The molecule has 2 heterocycles. The lowest BCUT2D eigenvalue weighted by Crippen LogP contribution is -2.07. The van der Waals surface area contributed by atoms with E-state index in [-0.39, 0.29) is 5.69 Å². The van der Waals surface area contributed by atoms with Crippen molar-refractivity contribution in [2.24, 2.45) is 0 Å². The average Bonchev–Trinajstić information content (AvgIpc) is 2.66. The highest BCUT2D eigenvalue weighted by atomic mass is 32.1. The Hall–Kier alpha value is -1.88. The minimum atomic E-state index is -1.02. The Labute approximate surface area is 109 Å². The van der Waals surface area contributed by atoms with Crippen molar-refractivity contribution >= 4 is 23.0 Å². The molecule has 2 rings (SSSR count). The standard InChI is InChI=1S/C13H14N2O2S/c1-8-6-10(18-9(8)2)7-15-11-4-3-5-14-12(11)13(16)17/h3-6,15H,7H2,1-2H3,(H,16,17). The molecule has 0 amide bonds. The first-order chi connectivity index (χ1) is 8.58. The Kier molecular flexibility index (Phi) is 3.62. The van der Waals surface area contributed by atoms with Gasteiger partial charge in [-0.2, -0.15) is 0 Å². The quantitative estimate of drug-likeness (QED) is 0.889. The van der Waals surface area contributed by atoms with Crippen molar-refractivity contribution in [2.45, 2.75) is 20.4 Å². The van der Waals surface area contributed by atoms with Crippen LogP contribution in [0.2, 0.25) is 0 Å². The number of aromatic carboxylic acids is 1. The maximum atomic E-state index is 11.0. The molecule has 0 spiro atoms. The van der Waals surface area contributed by atoms with Gasteiger partial charge in [0.05, 0.1) is 5.69 Å². The van der Waals surface area contributed by atoms with E-state index in [0.29, 0.717) is 12.2 Å². The number of carbonyl (C=O) groups is 1. The maximum Gasteiger partial charge on any atom is 0.356 e. The van der Waals surface area contributed by atoms with E-state index in [9.17, 15) is 4.79 Å². The van der Waals surface area contributed by atoms with Gasteiger partial charge in [0.1, 0.15) is 0 Å². The van der Waals surface area contributed by atoms with Gasteiger partial charge < -0.3 is 10.4 Å². The third-order valence-electron chi connectivity index (χ3n) is 2.68. The average molecular weight is 262 g/mol. The lowest BCUT2D eigenvalue weighted by molar-refractivity contribution is 0.0691. The molecule has 0 aromatic carbocycles. The summed E-state index contributed by atoms with van der Waals surface area (Å²) in [6.45, 7) is 4.77. The first-order valence-electron chi connectivity index (χ1n) is 5.56. The molecule has 0 bridgehead atoms. The number of thiophene rings is 1. The molecule has 18 heavy (non-hydrogen) atoms. The van der Waals surface area contributed by atoms with Crippen LogP contribution in [0.15, 0.2) is 24.4 Å². The lowest BCUT2D eigenvalue weighted by atomic mass is 10.2. The van der Waals surface area contributed by atoms with Crippen molar-refractivity contribution in [3.8, 4) is 0 Å². The maximum absolute atomic E-state index is 11.0. The zero-order valence-corrected chi connectivity index (χ0v) is 11.0. The normalized spacial score (nSPS) is 10.3. The summed E-state index contributed by atoms with van der Waals surface area (Å²) in [5, 5.41) is 12.1. The van der Waals surface area contributed by atoms with Crippen LogP contribution in [0.3, 0.4) is 0 Å². The molecular formula is C13H14N2O2S. The Morgan fingerprint density at radius 2 is 2.28 bits per heavy atom. The van der Waals surface area contributed by atoms with Crippen LogP contribution >= 0.6 is 11.3 Å². The Balaban J connectivity index is 2.13. The van der Waals surface area contributed by atoms with E-state index < -0.39 is 5.97 Å². The van der Waals surface area contributed by atoms with E-state index in [2.05, 4.69) is 30.2 Å². The summed E-state index contributed by atoms with van der Waals surface area (Å²) in [4.78, 5) is 17.3. The molecule has 0 saturated carbocycles. The van der Waals surface area contributed by atoms with E-state index in [1.54, 1.807) is 23.5 Å². The molecule has 0 atom stereocenters. The Morgan fingerprint density at radius 1 is 1.50 bits per heavy atom. The van der Waals surface area contributed by atoms with Crippen LogP contribution in [-0.2, 0) is 6.54 Å². The molecule has 0 aliphatic rings. The van der Waals surface area contributed by atoms with Crippen molar-refractivity contribution < 1.29 is 9.90 Å². The van der Waals surface area contributed by atoms with Crippen LogP contribution in [-0.4, -0.2) is 16.1 Å². The van der Waals surface area contributed by atoms with E-state index >= 15 is 0 Å². The van der Waals surface area contributed by atoms with Crippen LogP contribution in [0.5, 0.6) is 0 Å². The third kappa shape index (κ3) is 2.68. The molecule has 0 saturated heterocycles. The molecule has 5 heteroatoms. The summed E-state index contributed by atoms with van der Waals surface area (Å²) in [6.07, 6.45) is 1.48. The van der Waals surface area contributed by atoms with E-state index in [4.69, 9.17) is 5.11 Å². The second-order valence-corrected chi connectivity index (χ2v) is 5.35. The van der Waals surface area contributed by atoms with Crippen molar-refractivity contribution in [1.82, 2.24) is 4.98 Å². The summed E-state index contributed by atoms with van der Waals surface area (Å²) >= 11 is 1.72. The highest BCUT2D eigenvalue weighted by Gasteiger charge is 2.10. The van der Waals surface area contributed by atoms with Gasteiger partial charge in [-0.25, -0.2) is 9.78 Å². The zero-order chi connectivity index (χ0) is 13.1. The second kappa shape index (κ2) is 5.18. The fourth-order valence-corrected chi connectivity index (χ4v) is 2.63. The minimum absolute atomic E-state index is 0.0579. The van der Waals surface area contributed by atoms with Crippen LogP contribution in [0.4, 0.5) is 5.69 Å². The molecule has 0 aliphatic heterocycles. The van der Waals surface area contributed by atoms with Gasteiger partial charge in [0.2, 0.25) is 0 Å². The SMILES string of the molecule is Cc1cc(CNc2cccnc2C(=O)O)sc1C. The molecule has 2 N–H and O–H groups in total. The molecule has 4 nitrogen and oxygen atoms in total. The molecule has 0 radical (unpaired) electrons. The van der Waals surface area contributed by atoms with Crippen LogP contribution < -0.4 is 5.32 Å². The topological polar surface area (TPSA) is 62.2 Å². The molecule has 2 aromatic heterocycles. The molecule has 0 unspecified atom stereocenters. The number of rotatable bonds is 4. The Morgan fingerprint density at radius 3 is 2.89 bits per heavy atom. The zero-order valence-electron chi connectivity index (χ0n) is 10.2. The fourth-order valence-electron chi connectivity index (χ4n) is 1.64. The first-order valence-corrected chi connectivity index (χ1v) is 6.37. The van der Waals surface area contributed by atoms with Crippen molar-refractivity contribution in [3.63, 3.8) is 0 Å². The Bertz CT molecular complexity index is 559. The van der Waals surface area contributed by atoms with Crippen LogP contribution in [0.25, 0.3) is 0 Å². The summed E-state index contributed by atoms with van der Waals surface area (Å²) in [7, 11) is 0. The largest absolute Gasteiger partial charge is 0.476 e. The summed E-state index contributed by atoms with van der Waals surface area (Å²) in [6, 6.07) is 5.56. The third-order valence-corrected chi connectivity index (χ3v) is 3.83. The fraction of sp³-hybridized carbons (Fsp3) is 0.231. The number of nitrogens with one attached hydrogen (secondary N) is 1. The number of hydrogen-bond acceptors (Lipinski definition) is 4. The highest BCUT2D eigenvalue weighted by molar-refractivity contribution is 7.12. The number of aromatic nitrogens is 1. The van der Waals surface area contributed by atoms with Gasteiger partial charge in [-0.15, -0.1) is 11.3 Å². The monoisotopic (exact) mass is 262 g/mol. The number of carboxylic acids is 1.